The van der Waals surface area contributed by atoms with Crippen LogP contribution < -0.4 is 4.74 Å². The highest BCUT2D eigenvalue weighted by Gasteiger charge is 2.62. The van der Waals surface area contributed by atoms with Crippen molar-refractivity contribution in [2.45, 2.75) is 41.2 Å². The first-order valence-electron chi connectivity index (χ1n) is 10.3. The monoisotopic (exact) mass is 409 g/mol. The maximum Gasteiger partial charge on any atom is 0.310 e. The maximum atomic E-state index is 12.6. The van der Waals surface area contributed by atoms with Gasteiger partial charge in [0.15, 0.2) is 0 Å². The van der Waals surface area contributed by atoms with E-state index in [1.54, 1.807) is 6.21 Å². The summed E-state index contributed by atoms with van der Waals surface area (Å²) in [5.41, 5.74) is 0.756. The van der Waals surface area contributed by atoms with Gasteiger partial charge in [-0.05, 0) is 40.7 Å². The van der Waals surface area contributed by atoms with Gasteiger partial charge in [-0.25, -0.2) is 0 Å². The number of benzene rings is 2. The SMILES string of the molecule is CC(C)(C)CON=C[C@H]1[C@@H](C(=O)OCc2cccc(Oc3ccccc3)c2)C1(C)C. The van der Waals surface area contributed by atoms with E-state index >= 15 is 0 Å². The van der Waals surface area contributed by atoms with Gasteiger partial charge in [0.2, 0.25) is 0 Å². The zero-order valence-corrected chi connectivity index (χ0v) is 18.4. The highest BCUT2D eigenvalue weighted by atomic mass is 16.6. The molecule has 2 aromatic rings. The van der Waals surface area contributed by atoms with Gasteiger partial charge < -0.3 is 14.3 Å². The molecule has 0 spiro atoms. The van der Waals surface area contributed by atoms with Crippen LogP contribution in [-0.2, 0) is 21.0 Å². The molecule has 3 rings (SSSR count). The zero-order chi connectivity index (χ0) is 21.8. The molecule has 0 amide bonds. The Morgan fingerprint density at radius 3 is 2.47 bits per heavy atom. The van der Waals surface area contributed by atoms with Crippen molar-refractivity contribution >= 4 is 12.2 Å². The van der Waals surface area contributed by atoms with E-state index in [4.69, 9.17) is 14.3 Å². The molecule has 0 radical (unpaired) electrons. The third-order valence-electron chi connectivity index (χ3n) is 5.22. The fraction of sp³-hybridized carbons (Fsp3) is 0.440. The number of carbonyl (C=O) groups excluding carboxylic acids is 1. The van der Waals surface area contributed by atoms with Crippen LogP contribution in [0.1, 0.15) is 40.2 Å². The molecule has 0 saturated heterocycles. The van der Waals surface area contributed by atoms with E-state index in [0.717, 1.165) is 11.3 Å². The quantitative estimate of drug-likeness (QED) is 0.312. The fourth-order valence-electron chi connectivity index (χ4n) is 3.31. The molecule has 0 aliphatic heterocycles. The zero-order valence-electron chi connectivity index (χ0n) is 18.4. The Morgan fingerprint density at radius 1 is 1.07 bits per heavy atom. The number of hydrogen-bond acceptors (Lipinski definition) is 5. The number of hydrogen-bond donors (Lipinski definition) is 0. The Hall–Kier alpha value is -2.82. The molecule has 160 valence electrons. The van der Waals surface area contributed by atoms with E-state index in [-0.39, 0.29) is 35.2 Å². The molecule has 1 fully saturated rings. The van der Waals surface area contributed by atoms with E-state index in [2.05, 4.69) is 25.9 Å². The lowest BCUT2D eigenvalue weighted by atomic mass is 9.99. The van der Waals surface area contributed by atoms with Gasteiger partial charge >= 0.3 is 5.97 Å². The summed E-state index contributed by atoms with van der Waals surface area (Å²) < 4.78 is 11.4. The predicted octanol–water partition coefficient (Wildman–Crippen LogP) is 5.84. The second-order valence-corrected chi connectivity index (χ2v) is 9.58. The summed E-state index contributed by atoms with van der Waals surface area (Å²) in [7, 11) is 0. The molecule has 0 unspecified atom stereocenters. The van der Waals surface area contributed by atoms with Crippen LogP contribution in [0, 0.1) is 22.7 Å². The summed E-state index contributed by atoms with van der Waals surface area (Å²) in [6.45, 7) is 11.1. The summed E-state index contributed by atoms with van der Waals surface area (Å²) in [4.78, 5) is 18.0. The number of ether oxygens (including phenoxy) is 2. The van der Waals surface area contributed by atoms with Gasteiger partial charge in [0.1, 0.15) is 24.7 Å². The van der Waals surface area contributed by atoms with Crippen molar-refractivity contribution in [1.29, 1.82) is 0 Å². The molecule has 2 aromatic carbocycles. The molecule has 1 saturated carbocycles. The molecule has 30 heavy (non-hydrogen) atoms. The van der Waals surface area contributed by atoms with Gasteiger partial charge in [-0.1, -0.05) is 70.1 Å². The topological polar surface area (TPSA) is 57.1 Å². The van der Waals surface area contributed by atoms with Crippen LogP contribution in [-0.4, -0.2) is 18.8 Å². The third-order valence-corrected chi connectivity index (χ3v) is 5.22. The van der Waals surface area contributed by atoms with Crippen LogP contribution in [0.4, 0.5) is 0 Å². The first-order valence-corrected chi connectivity index (χ1v) is 10.3. The van der Waals surface area contributed by atoms with Crippen LogP contribution in [0.5, 0.6) is 11.5 Å². The standard InChI is InChI=1S/C25H31NO4/c1-24(2,3)17-29-26-15-21-22(25(21,4)5)23(27)28-16-18-10-9-13-20(14-18)30-19-11-7-6-8-12-19/h6-15,21-22H,16-17H2,1-5H3/t21-,22-/m0/s1. The van der Waals surface area contributed by atoms with Gasteiger partial charge in [0, 0.05) is 12.1 Å². The Morgan fingerprint density at radius 2 is 1.77 bits per heavy atom. The molecule has 1 aliphatic carbocycles. The summed E-state index contributed by atoms with van der Waals surface area (Å²) in [6.07, 6.45) is 1.74. The minimum Gasteiger partial charge on any atom is -0.461 e. The van der Waals surface area contributed by atoms with Gasteiger partial charge in [-0.3, -0.25) is 4.79 Å². The number of carbonyl (C=O) groups is 1. The molecule has 0 N–H and O–H groups in total. The van der Waals surface area contributed by atoms with Crippen LogP contribution in [0.3, 0.4) is 0 Å². The number of nitrogens with zero attached hydrogens (tertiary/aromatic N) is 1. The van der Waals surface area contributed by atoms with Crippen LogP contribution in [0.2, 0.25) is 0 Å². The Kier molecular flexibility index (Phi) is 6.49. The lowest BCUT2D eigenvalue weighted by Crippen LogP contribution is -2.12. The molecule has 5 heteroatoms. The van der Waals surface area contributed by atoms with E-state index in [1.807, 2.05) is 68.4 Å². The normalized spacial score (nSPS) is 20.0. The lowest BCUT2D eigenvalue weighted by Gasteiger charge is -2.15. The average Bonchev–Trinajstić information content (AvgIpc) is 3.24. The highest BCUT2D eigenvalue weighted by molar-refractivity contribution is 5.85. The average molecular weight is 410 g/mol. The number of oxime groups is 1. The molecule has 5 nitrogen and oxygen atoms in total. The van der Waals surface area contributed by atoms with Crippen molar-refractivity contribution in [3.8, 4) is 11.5 Å². The van der Waals surface area contributed by atoms with Crippen molar-refractivity contribution in [3.63, 3.8) is 0 Å². The van der Waals surface area contributed by atoms with Crippen molar-refractivity contribution < 1.29 is 19.1 Å². The molecule has 0 aromatic heterocycles. The van der Waals surface area contributed by atoms with Crippen LogP contribution >= 0.6 is 0 Å². The van der Waals surface area contributed by atoms with E-state index in [9.17, 15) is 4.79 Å². The Labute approximate surface area is 179 Å². The predicted molar refractivity (Wildman–Crippen MR) is 117 cm³/mol. The highest BCUT2D eigenvalue weighted by Crippen LogP contribution is 2.57. The van der Waals surface area contributed by atoms with Gasteiger partial charge in [0.05, 0.1) is 5.92 Å². The molecule has 2 atom stereocenters. The third kappa shape index (κ3) is 5.85. The van der Waals surface area contributed by atoms with Crippen molar-refractivity contribution in [1.82, 2.24) is 0 Å². The molecular formula is C25H31NO4. The van der Waals surface area contributed by atoms with E-state index < -0.39 is 0 Å². The second-order valence-electron chi connectivity index (χ2n) is 9.58. The number of esters is 1. The van der Waals surface area contributed by atoms with E-state index in [0.29, 0.717) is 12.4 Å². The summed E-state index contributed by atoms with van der Waals surface area (Å²) in [5, 5.41) is 4.07. The Bertz CT molecular complexity index is 884. The summed E-state index contributed by atoms with van der Waals surface area (Å²) in [5.74, 6) is 1.09. The lowest BCUT2D eigenvalue weighted by molar-refractivity contribution is -0.147. The largest absolute Gasteiger partial charge is 0.461 e. The first-order chi connectivity index (χ1) is 14.2. The molecule has 0 heterocycles. The minimum atomic E-state index is -0.207. The van der Waals surface area contributed by atoms with Crippen LogP contribution in [0.25, 0.3) is 0 Å². The van der Waals surface area contributed by atoms with Crippen LogP contribution in [0.15, 0.2) is 59.8 Å². The minimum absolute atomic E-state index is 0.0257. The van der Waals surface area contributed by atoms with Crippen molar-refractivity contribution in [3.05, 3.63) is 60.2 Å². The van der Waals surface area contributed by atoms with Gasteiger partial charge in [-0.2, -0.15) is 0 Å². The molecule has 1 aliphatic rings. The number of rotatable bonds is 8. The van der Waals surface area contributed by atoms with Gasteiger partial charge in [-0.15, -0.1) is 0 Å². The molecular weight excluding hydrogens is 378 g/mol. The van der Waals surface area contributed by atoms with Gasteiger partial charge in [0.25, 0.3) is 0 Å². The Balaban J connectivity index is 1.52. The van der Waals surface area contributed by atoms with Crippen molar-refractivity contribution in [2.24, 2.45) is 27.8 Å². The smallest absolute Gasteiger partial charge is 0.310 e. The summed E-state index contributed by atoms with van der Waals surface area (Å²) >= 11 is 0. The molecule has 0 bridgehead atoms. The maximum absolute atomic E-state index is 12.6. The second kappa shape index (κ2) is 8.90. The van der Waals surface area contributed by atoms with E-state index in [1.165, 1.54) is 0 Å². The summed E-state index contributed by atoms with van der Waals surface area (Å²) in [6, 6.07) is 17.2. The first kappa shape index (κ1) is 21.9. The fourth-order valence-corrected chi connectivity index (χ4v) is 3.31. The number of para-hydroxylation sites is 1. The van der Waals surface area contributed by atoms with Crippen molar-refractivity contribution in [2.75, 3.05) is 6.61 Å².